The van der Waals surface area contributed by atoms with Gasteiger partial charge in [0.2, 0.25) is 10.0 Å². The quantitative estimate of drug-likeness (QED) is 0.936. The van der Waals surface area contributed by atoms with E-state index in [-0.39, 0.29) is 11.4 Å². The molecule has 18 heavy (non-hydrogen) atoms. The zero-order valence-electron chi connectivity index (χ0n) is 9.55. The summed E-state index contributed by atoms with van der Waals surface area (Å²) in [5, 5.41) is 0. The molecule has 0 atom stereocenters. The minimum Gasteiger partial charge on any atom is -0.250 e. The number of nitrogens with zero attached hydrogens (tertiary/aromatic N) is 1. The third-order valence-electron chi connectivity index (χ3n) is 2.39. The first-order valence-corrected chi connectivity index (χ1v) is 7.49. The molecule has 1 aromatic heterocycles. The number of halogens is 1. The van der Waals surface area contributed by atoms with Gasteiger partial charge in [0.15, 0.2) is 0 Å². The van der Waals surface area contributed by atoms with Gasteiger partial charge < -0.3 is 0 Å². The van der Waals surface area contributed by atoms with Crippen molar-refractivity contribution < 1.29 is 12.8 Å². The summed E-state index contributed by atoms with van der Waals surface area (Å²) in [6.07, 6.45) is 0. The maximum absolute atomic E-state index is 12.7. The van der Waals surface area contributed by atoms with Gasteiger partial charge in [-0.2, -0.15) is 0 Å². The molecule has 1 N–H and O–H groups in total. The normalized spacial score (nSPS) is 11.7. The standard InChI is InChI=1S/C11H11FN2O2S2/c1-8-11(17-7-13-8)6-14-18(15,16)10-4-2-9(12)3-5-10/h2-5,7,14H,6H2,1H3. The summed E-state index contributed by atoms with van der Waals surface area (Å²) in [6, 6.07) is 4.70. The number of thiazole rings is 1. The minimum atomic E-state index is -3.61. The molecule has 0 bridgehead atoms. The van der Waals surface area contributed by atoms with E-state index in [2.05, 4.69) is 9.71 Å². The average molecular weight is 286 g/mol. The predicted molar refractivity (Wildman–Crippen MR) is 67.3 cm³/mol. The average Bonchev–Trinajstić information content (AvgIpc) is 2.73. The van der Waals surface area contributed by atoms with Crippen LogP contribution in [0.25, 0.3) is 0 Å². The largest absolute Gasteiger partial charge is 0.250 e. The van der Waals surface area contributed by atoms with Crippen LogP contribution in [0.5, 0.6) is 0 Å². The van der Waals surface area contributed by atoms with E-state index < -0.39 is 15.8 Å². The summed E-state index contributed by atoms with van der Waals surface area (Å²) in [5.74, 6) is -0.466. The molecule has 2 rings (SSSR count). The molecule has 4 nitrogen and oxygen atoms in total. The lowest BCUT2D eigenvalue weighted by Gasteiger charge is -2.05. The Morgan fingerprint density at radius 1 is 1.33 bits per heavy atom. The molecule has 0 aliphatic carbocycles. The van der Waals surface area contributed by atoms with Crippen LogP contribution in [0.2, 0.25) is 0 Å². The number of benzene rings is 1. The van der Waals surface area contributed by atoms with Crippen LogP contribution >= 0.6 is 11.3 Å². The molecule has 1 heterocycles. The molecule has 1 aromatic carbocycles. The van der Waals surface area contributed by atoms with Crippen molar-refractivity contribution in [2.75, 3.05) is 0 Å². The summed E-state index contributed by atoms with van der Waals surface area (Å²) in [6.45, 7) is 2.01. The Hall–Kier alpha value is -1.31. The highest BCUT2D eigenvalue weighted by Crippen LogP contribution is 2.14. The van der Waals surface area contributed by atoms with Crippen LogP contribution in [0.1, 0.15) is 10.6 Å². The predicted octanol–water partition coefficient (Wildman–Crippen LogP) is 2.07. The Labute approximate surface area is 109 Å². The van der Waals surface area contributed by atoms with Crippen LogP contribution in [0.4, 0.5) is 4.39 Å². The number of rotatable bonds is 4. The van der Waals surface area contributed by atoms with E-state index in [9.17, 15) is 12.8 Å². The van der Waals surface area contributed by atoms with Gasteiger partial charge in [-0.25, -0.2) is 22.5 Å². The fourth-order valence-corrected chi connectivity index (χ4v) is 3.16. The van der Waals surface area contributed by atoms with E-state index in [1.165, 1.54) is 23.5 Å². The SMILES string of the molecule is Cc1ncsc1CNS(=O)(=O)c1ccc(F)cc1. The summed E-state index contributed by atoms with van der Waals surface area (Å²) >= 11 is 1.39. The summed E-state index contributed by atoms with van der Waals surface area (Å²) in [5.41, 5.74) is 2.47. The van der Waals surface area contributed by atoms with Crippen LogP contribution < -0.4 is 4.72 Å². The third-order valence-corrected chi connectivity index (χ3v) is 4.74. The van der Waals surface area contributed by atoms with Gasteiger partial charge in [0.25, 0.3) is 0 Å². The Morgan fingerprint density at radius 2 is 2.00 bits per heavy atom. The lowest BCUT2D eigenvalue weighted by atomic mass is 10.4. The number of hydrogen-bond acceptors (Lipinski definition) is 4. The van der Waals surface area contributed by atoms with Crippen LogP contribution in [0.15, 0.2) is 34.7 Å². The van der Waals surface area contributed by atoms with E-state index in [0.717, 1.165) is 22.7 Å². The lowest BCUT2D eigenvalue weighted by Crippen LogP contribution is -2.23. The molecule has 0 spiro atoms. The van der Waals surface area contributed by atoms with Crippen molar-refractivity contribution in [1.29, 1.82) is 0 Å². The molecule has 0 aliphatic heterocycles. The number of sulfonamides is 1. The Kier molecular flexibility index (Phi) is 3.74. The molecule has 0 saturated carbocycles. The van der Waals surface area contributed by atoms with E-state index in [0.29, 0.717) is 0 Å². The molecular weight excluding hydrogens is 275 g/mol. The van der Waals surface area contributed by atoms with Crippen molar-refractivity contribution in [3.05, 3.63) is 46.2 Å². The minimum absolute atomic E-state index is 0.0473. The first kappa shape index (κ1) is 13.1. The number of nitrogens with one attached hydrogen (secondary N) is 1. The zero-order chi connectivity index (χ0) is 13.2. The monoisotopic (exact) mass is 286 g/mol. The highest BCUT2D eigenvalue weighted by atomic mass is 32.2. The topological polar surface area (TPSA) is 59.1 Å². The molecule has 0 radical (unpaired) electrons. The smallest absolute Gasteiger partial charge is 0.240 e. The Balaban J connectivity index is 2.13. The Bertz CT molecular complexity index is 635. The number of aromatic nitrogens is 1. The van der Waals surface area contributed by atoms with Gasteiger partial charge in [-0.1, -0.05) is 0 Å². The second kappa shape index (κ2) is 5.13. The van der Waals surface area contributed by atoms with E-state index in [1.807, 2.05) is 6.92 Å². The summed E-state index contributed by atoms with van der Waals surface area (Å²) in [4.78, 5) is 4.94. The van der Waals surface area contributed by atoms with Crippen molar-refractivity contribution in [3.63, 3.8) is 0 Å². The van der Waals surface area contributed by atoms with Gasteiger partial charge in [0, 0.05) is 11.4 Å². The highest BCUT2D eigenvalue weighted by molar-refractivity contribution is 7.89. The van der Waals surface area contributed by atoms with Crippen molar-refractivity contribution >= 4 is 21.4 Å². The van der Waals surface area contributed by atoms with Crippen molar-refractivity contribution in [2.45, 2.75) is 18.4 Å². The molecule has 0 unspecified atom stereocenters. The maximum Gasteiger partial charge on any atom is 0.240 e. The molecule has 0 fully saturated rings. The van der Waals surface area contributed by atoms with E-state index >= 15 is 0 Å². The first-order chi connectivity index (χ1) is 8.49. The molecule has 0 amide bonds. The van der Waals surface area contributed by atoms with Gasteiger partial charge in [-0.3, -0.25) is 0 Å². The van der Waals surface area contributed by atoms with Gasteiger partial charge in [0.1, 0.15) is 5.82 Å². The van der Waals surface area contributed by atoms with Crippen molar-refractivity contribution in [1.82, 2.24) is 9.71 Å². The molecule has 0 aliphatic rings. The first-order valence-electron chi connectivity index (χ1n) is 5.13. The van der Waals surface area contributed by atoms with Gasteiger partial charge in [-0.05, 0) is 31.2 Å². The number of hydrogen-bond donors (Lipinski definition) is 1. The summed E-state index contributed by atoms with van der Waals surface area (Å²) < 4.78 is 39.0. The fourth-order valence-electron chi connectivity index (χ4n) is 1.35. The Morgan fingerprint density at radius 3 is 2.56 bits per heavy atom. The van der Waals surface area contributed by atoms with Crippen LogP contribution in [0.3, 0.4) is 0 Å². The second-order valence-corrected chi connectivity index (χ2v) is 6.35. The molecule has 96 valence electrons. The van der Waals surface area contributed by atoms with E-state index in [1.54, 1.807) is 5.51 Å². The fraction of sp³-hybridized carbons (Fsp3) is 0.182. The van der Waals surface area contributed by atoms with Crippen LogP contribution in [-0.2, 0) is 16.6 Å². The van der Waals surface area contributed by atoms with Crippen molar-refractivity contribution in [3.8, 4) is 0 Å². The van der Waals surface area contributed by atoms with Crippen molar-refractivity contribution in [2.24, 2.45) is 0 Å². The third kappa shape index (κ3) is 2.92. The van der Waals surface area contributed by atoms with Gasteiger partial charge >= 0.3 is 0 Å². The van der Waals surface area contributed by atoms with E-state index in [4.69, 9.17) is 0 Å². The molecule has 0 saturated heterocycles. The molecule has 2 aromatic rings. The second-order valence-electron chi connectivity index (χ2n) is 3.64. The molecule has 7 heteroatoms. The van der Waals surface area contributed by atoms with Crippen LogP contribution in [-0.4, -0.2) is 13.4 Å². The van der Waals surface area contributed by atoms with Gasteiger partial charge in [0.05, 0.1) is 16.1 Å². The number of aryl methyl sites for hydroxylation is 1. The van der Waals surface area contributed by atoms with Gasteiger partial charge in [-0.15, -0.1) is 11.3 Å². The summed E-state index contributed by atoms with van der Waals surface area (Å²) in [7, 11) is -3.61. The zero-order valence-corrected chi connectivity index (χ0v) is 11.2. The maximum atomic E-state index is 12.7. The lowest BCUT2D eigenvalue weighted by molar-refractivity contribution is 0.580. The molecular formula is C11H11FN2O2S2. The van der Waals surface area contributed by atoms with Crippen LogP contribution in [0, 0.1) is 12.7 Å². The highest BCUT2D eigenvalue weighted by Gasteiger charge is 2.14.